The first-order chi connectivity index (χ1) is 15.1. The number of aromatic amines is 1. The molecule has 31 heavy (non-hydrogen) atoms. The fraction of sp³-hybridized carbons (Fsp3) is 0.696. The largest absolute Gasteiger partial charge is 0.459 e. The second-order valence-electron chi connectivity index (χ2n) is 7.86. The van der Waals surface area contributed by atoms with Gasteiger partial charge in [0.25, 0.3) is 5.91 Å². The highest BCUT2D eigenvalue weighted by Gasteiger charge is 2.33. The van der Waals surface area contributed by atoms with E-state index in [9.17, 15) is 4.79 Å². The van der Waals surface area contributed by atoms with Gasteiger partial charge in [-0.2, -0.15) is 15.4 Å². The van der Waals surface area contributed by atoms with Gasteiger partial charge in [0.05, 0.1) is 30.4 Å². The molecule has 8 nitrogen and oxygen atoms in total. The lowest BCUT2D eigenvalue weighted by Crippen LogP contribution is -2.13. The topological polar surface area (TPSA) is 116 Å². The van der Waals surface area contributed by atoms with Crippen LogP contribution in [-0.2, 0) is 15.9 Å². The second-order valence-corrected chi connectivity index (χ2v) is 7.86. The van der Waals surface area contributed by atoms with Crippen molar-refractivity contribution in [3.05, 3.63) is 35.5 Å². The van der Waals surface area contributed by atoms with E-state index in [1.807, 2.05) is 20.0 Å². The number of furan rings is 1. The Morgan fingerprint density at radius 3 is 2.19 bits per heavy atom. The van der Waals surface area contributed by atoms with Gasteiger partial charge in [-0.05, 0) is 38.2 Å². The smallest absolute Gasteiger partial charge is 0.284 e. The lowest BCUT2D eigenvalue weighted by atomic mass is 9.86. The zero-order valence-corrected chi connectivity index (χ0v) is 19.1. The highest BCUT2D eigenvalue weighted by molar-refractivity contribution is 5.91. The summed E-state index contributed by atoms with van der Waals surface area (Å²) >= 11 is 0. The molecule has 2 aromatic heterocycles. The Kier molecular flexibility index (Phi) is 11.3. The van der Waals surface area contributed by atoms with Crippen LogP contribution in [0.5, 0.6) is 0 Å². The lowest BCUT2D eigenvalue weighted by Gasteiger charge is -2.19. The van der Waals surface area contributed by atoms with E-state index in [2.05, 4.69) is 15.4 Å². The fourth-order valence-corrected chi connectivity index (χ4v) is 4.06. The third kappa shape index (κ3) is 8.45. The Morgan fingerprint density at radius 1 is 1.10 bits per heavy atom. The number of fused-ring (bicyclic) bond motifs is 1. The molecular formula is C23H38N4O4. The van der Waals surface area contributed by atoms with E-state index in [4.69, 9.17) is 19.6 Å². The molecule has 1 saturated carbocycles. The van der Waals surface area contributed by atoms with Gasteiger partial charge in [-0.1, -0.05) is 46.0 Å². The number of aryl methyl sites for hydroxylation is 1. The Labute approximate surface area is 185 Å². The van der Waals surface area contributed by atoms with Crippen molar-refractivity contribution in [1.29, 1.82) is 0 Å². The minimum Gasteiger partial charge on any atom is -0.459 e. The van der Waals surface area contributed by atoms with Crippen molar-refractivity contribution in [3.8, 4) is 0 Å². The first kappa shape index (κ1) is 25.1. The monoisotopic (exact) mass is 434 g/mol. The van der Waals surface area contributed by atoms with Crippen molar-refractivity contribution in [2.24, 2.45) is 11.7 Å². The molecule has 174 valence electrons. The summed E-state index contributed by atoms with van der Waals surface area (Å²) < 4.78 is 15.5. The van der Waals surface area contributed by atoms with Crippen LogP contribution < -0.4 is 5.73 Å². The van der Waals surface area contributed by atoms with Crippen molar-refractivity contribution >= 4 is 5.91 Å². The van der Waals surface area contributed by atoms with E-state index in [1.165, 1.54) is 38.4 Å². The van der Waals surface area contributed by atoms with Crippen LogP contribution in [0.4, 0.5) is 0 Å². The molecule has 3 fully saturated rings. The molecule has 5 rings (SSSR count). The maximum Gasteiger partial charge on any atom is 0.284 e. The van der Waals surface area contributed by atoms with E-state index in [0.29, 0.717) is 12.2 Å². The fourth-order valence-electron chi connectivity index (χ4n) is 4.06. The van der Waals surface area contributed by atoms with Crippen LogP contribution in [0.15, 0.2) is 22.9 Å². The number of nitrogens with two attached hydrogens (primary N) is 1. The van der Waals surface area contributed by atoms with Crippen LogP contribution in [0.2, 0.25) is 0 Å². The number of hydrogen-bond donors (Lipinski definition) is 2. The van der Waals surface area contributed by atoms with Gasteiger partial charge >= 0.3 is 0 Å². The molecule has 3 aliphatic rings. The molecule has 0 aromatic carbocycles. The minimum absolute atomic E-state index is 0.245. The molecule has 3 N–H and O–H groups in total. The average molecular weight is 435 g/mol. The Morgan fingerprint density at radius 2 is 1.74 bits per heavy atom. The molecule has 1 aliphatic carbocycles. The third-order valence-corrected chi connectivity index (χ3v) is 5.66. The number of nitrogens with one attached hydrogen (secondary N) is 1. The van der Waals surface area contributed by atoms with E-state index in [0.717, 1.165) is 49.7 Å². The molecule has 0 radical (unpaired) electrons. The summed E-state index contributed by atoms with van der Waals surface area (Å²) in [6.45, 7) is 7.59. The third-order valence-electron chi connectivity index (χ3n) is 5.66. The van der Waals surface area contributed by atoms with E-state index >= 15 is 0 Å². The maximum absolute atomic E-state index is 10.4. The zero-order valence-electron chi connectivity index (χ0n) is 19.1. The average Bonchev–Trinajstić information content (AvgIpc) is 3.57. The molecule has 0 spiro atoms. The molecule has 2 aromatic rings. The number of carbonyl (C=O) groups excluding carboxylic acids is 1. The van der Waals surface area contributed by atoms with E-state index in [-0.39, 0.29) is 5.76 Å². The summed E-state index contributed by atoms with van der Waals surface area (Å²) in [7, 11) is 0. The summed E-state index contributed by atoms with van der Waals surface area (Å²) in [4.78, 5) is 10.4. The minimum atomic E-state index is -0.516. The molecule has 2 unspecified atom stereocenters. The molecule has 4 heterocycles. The zero-order chi connectivity index (χ0) is 22.5. The Hall–Kier alpha value is -2.19. The summed E-state index contributed by atoms with van der Waals surface area (Å²) in [6, 6.07) is 1.69. The molecule has 2 atom stereocenters. The van der Waals surface area contributed by atoms with Crippen molar-refractivity contribution in [3.63, 3.8) is 0 Å². The highest BCUT2D eigenvalue weighted by atomic mass is 16.6. The standard InChI is InChI=1S/C9H15N3.C6H7NO2.C6H10O2.C2H6/c1-2-4-8(5-3-1)6-9-7-10-12-11-9;1-4-2-3-9-5(4)6(7)8;1-3-7-6-2-4-8-5(1)6;1-2/h7-8H,1-6H2,(H,10,11,12);2-3H,1H3,(H2,7,8);5-6H,1-4H2;1-2H3. The first-order valence-electron chi connectivity index (χ1n) is 11.5. The summed E-state index contributed by atoms with van der Waals surface area (Å²) in [5, 5.41) is 10.5. The predicted octanol–water partition coefficient (Wildman–Crippen LogP) is 4.20. The number of primary amides is 1. The predicted molar refractivity (Wildman–Crippen MR) is 119 cm³/mol. The van der Waals surface area contributed by atoms with E-state index in [1.54, 1.807) is 13.0 Å². The number of aromatic nitrogens is 3. The summed E-state index contributed by atoms with van der Waals surface area (Å²) in [5.41, 5.74) is 6.83. The molecule has 1 amide bonds. The van der Waals surface area contributed by atoms with Crippen LogP contribution in [-0.4, -0.2) is 46.7 Å². The molecule has 8 heteroatoms. The second kappa shape index (κ2) is 14.0. The van der Waals surface area contributed by atoms with Crippen molar-refractivity contribution in [2.45, 2.75) is 84.3 Å². The Bertz CT molecular complexity index is 706. The number of hydrogen-bond acceptors (Lipinski definition) is 6. The van der Waals surface area contributed by atoms with Gasteiger partial charge in [0.1, 0.15) is 0 Å². The molecule has 2 saturated heterocycles. The first-order valence-corrected chi connectivity index (χ1v) is 11.5. The van der Waals surface area contributed by atoms with Crippen molar-refractivity contribution < 1.29 is 18.7 Å². The van der Waals surface area contributed by atoms with Gasteiger partial charge in [-0.15, -0.1) is 0 Å². The number of ether oxygens (including phenoxy) is 2. The van der Waals surface area contributed by atoms with Crippen LogP contribution in [0.3, 0.4) is 0 Å². The number of carbonyl (C=O) groups is 1. The molecular weight excluding hydrogens is 396 g/mol. The number of nitrogens with zero attached hydrogens (tertiary/aromatic N) is 2. The van der Waals surface area contributed by atoms with Gasteiger partial charge in [-0.3, -0.25) is 4.79 Å². The van der Waals surface area contributed by atoms with Crippen LogP contribution >= 0.6 is 0 Å². The van der Waals surface area contributed by atoms with Gasteiger partial charge in [0.15, 0.2) is 5.76 Å². The van der Waals surface area contributed by atoms with Crippen LogP contribution in [0, 0.1) is 12.8 Å². The molecule has 2 aliphatic heterocycles. The quantitative estimate of drug-likeness (QED) is 0.748. The van der Waals surface area contributed by atoms with Crippen molar-refractivity contribution in [1.82, 2.24) is 15.4 Å². The Balaban J connectivity index is 0.000000162. The maximum atomic E-state index is 10.4. The SMILES string of the molecule is C1CC2OCCC2O1.CC.Cc1ccoc1C(N)=O.c1n[nH]nc1CC1CCCCC1. The van der Waals surface area contributed by atoms with Crippen LogP contribution in [0.25, 0.3) is 0 Å². The summed E-state index contributed by atoms with van der Waals surface area (Å²) in [5.74, 6) is 0.594. The normalized spacial score (nSPS) is 22.2. The summed E-state index contributed by atoms with van der Waals surface area (Å²) in [6.07, 6.45) is 14.5. The van der Waals surface area contributed by atoms with Gasteiger partial charge in [-0.25, -0.2) is 0 Å². The lowest BCUT2D eigenvalue weighted by molar-refractivity contribution is 0.0732. The molecule has 0 bridgehead atoms. The highest BCUT2D eigenvalue weighted by Crippen LogP contribution is 2.26. The number of rotatable bonds is 3. The van der Waals surface area contributed by atoms with Crippen LogP contribution in [0.1, 0.15) is 80.6 Å². The van der Waals surface area contributed by atoms with E-state index < -0.39 is 5.91 Å². The van der Waals surface area contributed by atoms with Crippen molar-refractivity contribution in [2.75, 3.05) is 13.2 Å². The van der Waals surface area contributed by atoms with Gasteiger partial charge in [0, 0.05) is 18.8 Å². The number of H-pyrrole nitrogens is 1. The van der Waals surface area contributed by atoms with Gasteiger partial charge < -0.3 is 19.6 Å². The van der Waals surface area contributed by atoms with Gasteiger partial charge in [0.2, 0.25) is 0 Å². The number of amides is 1.